The van der Waals surface area contributed by atoms with Gasteiger partial charge in [-0.05, 0) is 17.7 Å². The lowest BCUT2D eigenvalue weighted by Gasteiger charge is -2.30. The van der Waals surface area contributed by atoms with Crippen LogP contribution in [0.25, 0.3) is 0 Å². The van der Waals surface area contributed by atoms with Gasteiger partial charge in [0.2, 0.25) is 5.91 Å². The van der Waals surface area contributed by atoms with Crippen LogP contribution in [0.4, 0.5) is 0 Å². The third-order valence-electron chi connectivity index (χ3n) is 2.55. The minimum absolute atomic E-state index is 0.00990. The van der Waals surface area contributed by atoms with Crippen molar-refractivity contribution < 1.29 is 14.7 Å². The fraction of sp³-hybridized carbons (Fsp3) is 0.364. The molecule has 2 rings (SSSR count). The largest absolute Gasteiger partial charge is 0.480 e. The van der Waals surface area contributed by atoms with E-state index < -0.39 is 11.2 Å². The molecule has 1 aliphatic heterocycles. The van der Waals surface area contributed by atoms with Crippen molar-refractivity contribution in [3.8, 4) is 0 Å². The summed E-state index contributed by atoms with van der Waals surface area (Å²) in [6, 6.07) is 3.65. The van der Waals surface area contributed by atoms with Crippen molar-refractivity contribution in [2.75, 3.05) is 12.3 Å². The van der Waals surface area contributed by atoms with E-state index >= 15 is 0 Å². The number of amides is 1. The van der Waals surface area contributed by atoms with Crippen LogP contribution in [0.15, 0.2) is 24.5 Å². The van der Waals surface area contributed by atoms with E-state index in [0.29, 0.717) is 6.54 Å². The summed E-state index contributed by atoms with van der Waals surface area (Å²) in [5, 5.41) is 8.42. The molecule has 0 aliphatic carbocycles. The second-order valence-electron chi connectivity index (χ2n) is 3.77. The normalized spacial score (nSPS) is 20.4. The minimum Gasteiger partial charge on any atom is -0.480 e. The van der Waals surface area contributed by atoms with Crippen LogP contribution >= 0.6 is 11.8 Å². The van der Waals surface area contributed by atoms with Crippen LogP contribution in [0, 0.1) is 0 Å². The molecule has 1 amide bonds. The first kappa shape index (κ1) is 11.9. The highest BCUT2D eigenvalue weighted by Gasteiger charge is 2.30. The van der Waals surface area contributed by atoms with Gasteiger partial charge < -0.3 is 10.0 Å². The summed E-state index contributed by atoms with van der Waals surface area (Å²) in [5.41, 5.74) is 0.962. The maximum atomic E-state index is 11.7. The molecule has 0 saturated carbocycles. The van der Waals surface area contributed by atoms with Crippen molar-refractivity contribution in [3.05, 3.63) is 30.1 Å². The fourth-order valence-corrected chi connectivity index (χ4v) is 2.58. The molecule has 0 spiro atoms. The third-order valence-corrected chi connectivity index (χ3v) is 3.71. The lowest BCUT2D eigenvalue weighted by molar-refractivity contribution is -0.138. The highest BCUT2D eigenvalue weighted by atomic mass is 32.2. The predicted molar refractivity (Wildman–Crippen MR) is 63.5 cm³/mol. The van der Waals surface area contributed by atoms with E-state index in [0.717, 1.165) is 5.56 Å². The molecule has 1 fully saturated rings. The van der Waals surface area contributed by atoms with Crippen molar-refractivity contribution in [2.45, 2.75) is 11.8 Å². The molecule has 2 heterocycles. The Balaban J connectivity index is 2.04. The second-order valence-corrected chi connectivity index (χ2v) is 4.96. The summed E-state index contributed by atoms with van der Waals surface area (Å²) in [6.07, 6.45) is 3.32. The number of carbonyl (C=O) groups excluding carboxylic acids is 1. The van der Waals surface area contributed by atoms with E-state index in [4.69, 9.17) is 5.11 Å². The van der Waals surface area contributed by atoms with Crippen molar-refractivity contribution in [2.24, 2.45) is 0 Å². The third kappa shape index (κ3) is 2.97. The van der Waals surface area contributed by atoms with Gasteiger partial charge in [0.15, 0.2) is 0 Å². The van der Waals surface area contributed by atoms with Crippen LogP contribution in [-0.4, -0.2) is 44.4 Å². The van der Waals surface area contributed by atoms with Gasteiger partial charge in [-0.2, -0.15) is 0 Å². The minimum atomic E-state index is -0.859. The van der Waals surface area contributed by atoms with Crippen LogP contribution < -0.4 is 0 Å². The zero-order valence-corrected chi connectivity index (χ0v) is 9.89. The molecule has 6 heteroatoms. The van der Waals surface area contributed by atoms with E-state index in [2.05, 4.69) is 4.98 Å². The molecule has 0 radical (unpaired) electrons. The summed E-state index contributed by atoms with van der Waals surface area (Å²) in [5.74, 6) is -0.631. The number of aromatic nitrogens is 1. The van der Waals surface area contributed by atoms with E-state index in [9.17, 15) is 9.59 Å². The molecule has 1 saturated heterocycles. The Labute approximate surface area is 103 Å². The standard InChI is InChI=1S/C11H12N2O3S/c14-10-7-17-9(11(15)16)6-13(10)5-8-1-3-12-4-2-8/h1-4,9H,5-7H2,(H,15,16). The van der Waals surface area contributed by atoms with Crippen LogP contribution in [0.5, 0.6) is 0 Å². The van der Waals surface area contributed by atoms with E-state index in [-0.39, 0.29) is 18.2 Å². The van der Waals surface area contributed by atoms with Crippen molar-refractivity contribution in [1.82, 2.24) is 9.88 Å². The predicted octanol–water partition coefficient (Wildman–Crippen LogP) is 0.610. The molecule has 1 aromatic rings. The summed E-state index contributed by atoms with van der Waals surface area (Å²) < 4.78 is 0. The molecule has 1 N–H and O–H groups in total. The fourth-order valence-electron chi connectivity index (χ4n) is 1.63. The number of carboxylic acid groups (broad SMARTS) is 1. The topological polar surface area (TPSA) is 70.5 Å². The molecule has 0 bridgehead atoms. The Morgan fingerprint density at radius 1 is 1.53 bits per heavy atom. The average Bonchev–Trinajstić information content (AvgIpc) is 2.33. The molecule has 1 aliphatic rings. The maximum Gasteiger partial charge on any atom is 0.318 e. The van der Waals surface area contributed by atoms with Gasteiger partial charge >= 0.3 is 5.97 Å². The number of hydrogen-bond donors (Lipinski definition) is 1. The van der Waals surface area contributed by atoms with Gasteiger partial charge in [-0.25, -0.2) is 0 Å². The quantitative estimate of drug-likeness (QED) is 0.853. The van der Waals surface area contributed by atoms with E-state index in [1.165, 1.54) is 11.8 Å². The lowest BCUT2D eigenvalue weighted by atomic mass is 10.2. The molecule has 0 aromatic carbocycles. The molecular formula is C11H12N2O3S. The van der Waals surface area contributed by atoms with Gasteiger partial charge in [0.05, 0.1) is 5.75 Å². The summed E-state index contributed by atoms with van der Waals surface area (Å²) >= 11 is 1.19. The number of thioether (sulfide) groups is 1. The van der Waals surface area contributed by atoms with Crippen molar-refractivity contribution >= 4 is 23.6 Å². The van der Waals surface area contributed by atoms with Gasteiger partial charge in [-0.15, -0.1) is 11.8 Å². The smallest absolute Gasteiger partial charge is 0.318 e. The number of rotatable bonds is 3. The monoisotopic (exact) mass is 252 g/mol. The van der Waals surface area contributed by atoms with Crippen LogP contribution in [0.1, 0.15) is 5.56 Å². The van der Waals surface area contributed by atoms with E-state index in [1.807, 2.05) is 12.1 Å². The Morgan fingerprint density at radius 2 is 2.24 bits per heavy atom. The molecule has 1 atom stereocenters. The molecule has 17 heavy (non-hydrogen) atoms. The molecule has 5 nitrogen and oxygen atoms in total. The first-order valence-electron chi connectivity index (χ1n) is 5.18. The summed E-state index contributed by atoms with van der Waals surface area (Å²) in [7, 11) is 0. The Morgan fingerprint density at radius 3 is 2.88 bits per heavy atom. The maximum absolute atomic E-state index is 11.7. The number of aliphatic carboxylic acids is 1. The van der Waals surface area contributed by atoms with Crippen molar-refractivity contribution in [1.29, 1.82) is 0 Å². The highest BCUT2D eigenvalue weighted by Crippen LogP contribution is 2.21. The van der Waals surface area contributed by atoms with E-state index in [1.54, 1.807) is 17.3 Å². The van der Waals surface area contributed by atoms with Gasteiger partial charge in [0, 0.05) is 25.5 Å². The summed E-state index contributed by atoms with van der Waals surface area (Å²) in [6.45, 7) is 0.715. The number of pyridine rings is 1. The average molecular weight is 252 g/mol. The number of hydrogen-bond acceptors (Lipinski definition) is 4. The molecule has 1 aromatic heterocycles. The highest BCUT2D eigenvalue weighted by molar-refractivity contribution is 8.01. The Kier molecular flexibility index (Phi) is 3.63. The lowest BCUT2D eigenvalue weighted by Crippen LogP contribution is -2.44. The van der Waals surface area contributed by atoms with Gasteiger partial charge in [-0.1, -0.05) is 0 Å². The first-order chi connectivity index (χ1) is 8.16. The zero-order valence-electron chi connectivity index (χ0n) is 9.07. The van der Waals surface area contributed by atoms with Crippen LogP contribution in [-0.2, 0) is 16.1 Å². The van der Waals surface area contributed by atoms with Gasteiger partial charge in [0.1, 0.15) is 5.25 Å². The first-order valence-corrected chi connectivity index (χ1v) is 6.23. The number of nitrogens with zero attached hydrogens (tertiary/aromatic N) is 2. The summed E-state index contributed by atoms with van der Waals surface area (Å²) in [4.78, 5) is 28.0. The number of carboxylic acids is 1. The molecule has 1 unspecified atom stereocenters. The molecular weight excluding hydrogens is 240 g/mol. The van der Waals surface area contributed by atoms with Gasteiger partial charge in [0.25, 0.3) is 0 Å². The SMILES string of the molecule is O=C(O)C1CN(Cc2ccncc2)C(=O)CS1. The second kappa shape index (κ2) is 5.18. The number of carbonyl (C=O) groups is 2. The Bertz CT molecular complexity index is 424. The Hall–Kier alpha value is -1.56. The zero-order chi connectivity index (χ0) is 12.3. The van der Waals surface area contributed by atoms with Crippen LogP contribution in [0.2, 0.25) is 0 Å². The molecule has 90 valence electrons. The van der Waals surface area contributed by atoms with Crippen molar-refractivity contribution in [3.63, 3.8) is 0 Å². The van der Waals surface area contributed by atoms with Crippen LogP contribution in [0.3, 0.4) is 0 Å². The van der Waals surface area contributed by atoms with Gasteiger partial charge in [-0.3, -0.25) is 14.6 Å².